The van der Waals surface area contributed by atoms with Gasteiger partial charge in [-0.05, 0) is 38.0 Å². The quantitative estimate of drug-likeness (QED) is 0.790. The summed E-state index contributed by atoms with van der Waals surface area (Å²) in [4.78, 5) is 2.17. The van der Waals surface area contributed by atoms with E-state index in [9.17, 15) is 4.39 Å². The number of benzene rings is 1. The molecule has 2 nitrogen and oxygen atoms in total. The Hall–Kier alpha value is -1.09. The van der Waals surface area contributed by atoms with Gasteiger partial charge in [0.15, 0.2) is 0 Å². The Kier molecular flexibility index (Phi) is 5.98. The molecule has 0 amide bonds. The Balaban J connectivity index is 2.54. The molecule has 96 valence electrons. The largest absolute Gasteiger partial charge is 0.372 e. The van der Waals surface area contributed by atoms with Crippen molar-refractivity contribution in [3.63, 3.8) is 0 Å². The molecule has 0 spiro atoms. The van der Waals surface area contributed by atoms with E-state index in [1.807, 2.05) is 6.07 Å². The Morgan fingerprint density at radius 1 is 1.29 bits per heavy atom. The lowest BCUT2D eigenvalue weighted by Crippen LogP contribution is -2.30. The fourth-order valence-corrected chi connectivity index (χ4v) is 1.98. The van der Waals surface area contributed by atoms with E-state index in [0.717, 1.165) is 38.0 Å². The normalized spacial score (nSPS) is 12.5. The summed E-state index contributed by atoms with van der Waals surface area (Å²) < 4.78 is 13.1. The topological polar surface area (TPSA) is 29.3 Å². The standard InChI is InChI=1S/C14H23FN2/c1-3-6-13(16)9-10-17(4-2)14-8-5-7-12(15)11-14/h5,7-8,11,13H,3-4,6,9-10,16H2,1-2H3. The van der Waals surface area contributed by atoms with E-state index in [4.69, 9.17) is 5.73 Å². The predicted molar refractivity (Wildman–Crippen MR) is 71.8 cm³/mol. The van der Waals surface area contributed by atoms with Crippen molar-refractivity contribution in [2.45, 2.75) is 39.2 Å². The third-order valence-corrected chi connectivity index (χ3v) is 2.98. The third-order valence-electron chi connectivity index (χ3n) is 2.98. The van der Waals surface area contributed by atoms with Crippen molar-refractivity contribution < 1.29 is 4.39 Å². The molecule has 1 unspecified atom stereocenters. The van der Waals surface area contributed by atoms with Gasteiger partial charge in [0.1, 0.15) is 5.82 Å². The maximum atomic E-state index is 13.1. The van der Waals surface area contributed by atoms with Gasteiger partial charge in [0.2, 0.25) is 0 Å². The molecule has 1 aromatic rings. The van der Waals surface area contributed by atoms with Crippen molar-refractivity contribution >= 4 is 5.69 Å². The Morgan fingerprint density at radius 2 is 2.06 bits per heavy atom. The molecule has 0 aromatic heterocycles. The molecule has 17 heavy (non-hydrogen) atoms. The second-order valence-corrected chi connectivity index (χ2v) is 4.40. The summed E-state index contributed by atoms with van der Waals surface area (Å²) in [5.41, 5.74) is 6.94. The van der Waals surface area contributed by atoms with Gasteiger partial charge in [-0.3, -0.25) is 0 Å². The van der Waals surface area contributed by atoms with E-state index in [1.54, 1.807) is 12.1 Å². The van der Waals surface area contributed by atoms with E-state index < -0.39 is 0 Å². The van der Waals surface area contributed by atoms with E-state index in [-0.39, 0.29) is 11.9 Å². The number of anilines is 1. The number of rotatable bonds is 7. The first kappa shape index (κ1) is 14.0. The number of halogens is 1. The maximum Gasteiger partial charge on any atom is 0.125 e. The first-order valence-electron chi connectivity index (χ1n) is 6.43. The van der Waals surface area contributed by atoms with Gasteiger partial charge >= 0.3 is 0 Å². The molecular formula is C14H23FN2. The second kappa shape index (κ2) is 7.28. The zero-order valence-corrected chi connectivity index (χ0v) is 10.8. The molecule has 0 bridgehead atoms. The summed E-state index contributed by atoms with van der Waals surface area (Å²) >= 11 is 0. The molecule has 1 aromatic carbocycles. The van der Waals surface area contributed by atoms with Crippen molar-refractivity contribution in [1.29, 1.82) is 0 Å². The minimum absolute atomic E-state index is 0.182. The van der Waals surface area contributed by atoms with Crippen LogP contribution in [0.5, 0.6) is 0 Å². The van der Waals surface area contributed by atoms with E-state index in [1.165, 1.54) is 6.07 Å². The monoisotopic (exact) mass is 238 g/mol. The summed E-state index contributed by atoms with van der Waals surface area (Å²) in [6.07, 6.45) is 3.13. The highest BCUT2D eigenvalue weighted by atomic mass is 19.1. The number of nitrogens with zero attached hydrogens (tertiary/aromatic N) is 1. The molecule has 1 rings (SSSR count). The molecule has 0 aliphatic carbocycles. The lowest BCUT2D eigenvalue weighted by atomic mass is 10.1. The van der Waals surface area contributed by atoms with Gasteiger partial charge in [-0.25, -0.2) is 4.39 Å². The average Bonchev–Trinajstić information content (AvgIpc) is 2.30. The SMILES string of the molecule is CCCC(N)CCN(CC)c1cccc(F)c1. The third kappa shape index (κ3) is 4.73. The molecule has 3 heteroatoms. The van der Waals surface area contributed by atoms with Crippen LogP contribution >= 0.6 is 0 Å². The fourth-order valence-electron chi connectivity index (χ4n) is 1.98. The number of hydrogen-bond acceptors (Lipinski definition) is 2. The van der Waals surface area contributed by atoms with Crippen molar-refractivity contribution in [2.75, 3.05) is 18.0 Å². The van der Waals surface area contributed by atoms with Crippen molar-refractivity contribution in [3.8, 4) is 0 Å². The van der Waals surface area contributed by atoms with Crippen LogP contribution < -0.4 is 10.6 Å². The van der Waals surface area contributed by atoms with Gasteiger partial charge in [0.05, 0.1) is 0 Å². The first-order valence-corrected chi connectivity index (χ1v) is 6.43. The van der Waals surface area contributed by atoms with Crippen LogP contribution in [0.4, 0.5) is 10.1 Å². The molecule has 0 aliphatic heterocycles. The molecule has 2 N–H and O–H groups in total. The Labute approximate surface area is 104 Å². The van der Waals surface area contributed by atoms with Crippen molar-refractivity contribution in [3.05, 3.63) is 30.1 Å². The molecular weight excluding hydrogens is 215 g/mol. The van der Waals surface area contributed by atoms with Gasteiger partial charge in [0, 0.05) is 24.8 Å². The molecule has 0 saturated heterocycles. The van der Waals surface area contributed by atoms with Gasteiger partial charge in [-0.15, -0.1) is 0 Å². The Bertz CT molecular complexity index is 328. The van der Waals surface area contributed by atoms with Crippen LogP contribution in [-0.4, -0.2) is 19.1 Å². The van der Waals surface area contributed by atoms with E-state index in [2.05, 4.69) is 18.7 Å². The van der Waals surface area contributed by atoms with Crippen LogP contribution in [0, 0.1) is 5.82 Å². The minimum Gasteiger partial charge on any atom is -0.372 e. The van der Waals surface area contributed by atoms with Gasteiger partial charge in [0.25, 0.3) is 0 Å². The highest BCUT2D eigenvalue weighted by Gasteiger charge is 2.07. The van der Waals surface area contributed by atoms with Crippen LogP contribution in [0.15, 0.2) is 24.3 Å². The van der Waals surface area contributed by atoms with E-state index >= 15 is 0 Å². The Morgan fingerprint density at radius 3 is 2.65 bits per heavy atom. The summed E-state index contributed by atoms with van der Waals surface area (Å²) in [6.45, 7) is 5.99. The summed E-state index contributed by atoms with van der Waals surface area (Å²) in [6, 6.07) is 6.99. The molecule has 0 heterocycles. The zero-order valence-electron chi connectivity index (χ0n) is 10.8. The molecule has 0 fully saturated rings. The molecule has 0 saturated carbocycles. The summed E-state index contributed by atoms with van der Waals surface area (Å²) in [7, 11) is 0. The average molecular weight is 238 g/mol. The zero-order chi connectivity index (χ0) is 12.7. The lowest BCUT2D eigenvalue weighted by Gasteiger charge is -2.24. The van der Waals surface area contributed by atoms with E-state index in [0.29, 0.717) is 0 Å². The van der Waals surface area contributed by atoms with Crippen LogP contribution in [0.3, 0.4) is 0 Å². The van der Waals surface area contributed by atoms with Gasteiger partial charge < -0.3 is 10.6 Å². The maximum absolute atomic E-state index is 13.1. The highest BCUT2D eigenvalue weighted by molar-refractivity contribution is 5.46. The molecule has 0 radical (unpaired) electrons. The summed E-state index contributed by atoms with van der Waals surface area (Å²) in [5.74, 6) is -0.182. The van der Waals surface area contributed by atoms with Gasteiger partial charge in [-0.2, -0.15) is 0 Å². The van der Waals surface area contributed by atoms with Crippen molar-refractivity contribution in [1.82, 2.24) is 0 Å². The van der Waals surface area contributed by atoms with Crippen molar-refractivity contribution in [2.24, 2.45) is 5.73 Å². The predicted octanol–water partition coefficient (Wildman–Crippen LogP) is 3.17. The summed E-state index contributed by atoms with van der Waals surface area (Å²) in [5, 5.41) is 0. The number of hydrogen-bond donors (Lipinski definition) is 1. The highest BCUT2D eigenvalue weighted by Crippen LogP contribution is 2.16. The smallest absolute Gasteiger partial charge is 0.125 e. The van der Waals surface area contributed by atoms with Crippen LogP contribution in [0.1, 0.15) is 33.1 Å². The first-order chi connectivity index (χ1) is 8.17. The minimum atomic E-state index is -0.182. The van der Waals surface area contributed by atoms with Crippen LogP contribution in [0.25, 0.3) is 0 Å². The molecule has 0 aliphatic rings. The second-order valence-electron chi connectivity index (χ2n) is 4.40. The fraction of sp³-hybridized carbons (Fsp3) is 0.571. The number of nitrogens with two attached hydrogens (primary N) is 1. The van der Waals surface area contributed by atoms with Crippen LogP contribution in [-0.2, 0) is 0 Å². The van der Waals surface area contributed by atoms with Gasteiger partial charge in [-0.1, -0.05) is 19.4 Å². The lowest BCUT2D eigenvalue weighted by molar-refractivity contribution is 0.554. The molecule has 1 atom stereocenters. The van der Waals surface area contributed by atoms with Crippen LogP contribution in [0.2, 0.25) is 0 Å².